The van der Waals surface area contributed by atoms with E-state index in [9.17, 15) is 4.39 Å². The largest absolute Gasteiger partial charge is 0.497 e. The molecule has 0 aliphatic rings. The molecule has 0 saturated heterocycles. The van der Waals surface area contributed by atoms with Crippen LogP contribution in [0.3, 0.4) is 0 Å². The third-order valence-electron chi connectivity index (χ3n) is 2.39. The molecule has 90 valence electrons. The molecule has 0 radical (unpaired) electrons. The van der Waals surface area contributed by atoms with Crippen LogP contribution in [0.5, 0.6) is 5.75 Å². The summed E-state index contributed by atoms with van der Waals surface area (Å²) in [5, 5.41) is 12.2. The van der Waals surface area contributed by atoms with E-state index in [-0.39, 0.29) is 11.9 Å². The molecule has 1 unspecified atom stereocenters. The van der Waals surface area contributed by atoms with Crippen LogP contribution in [0.25, 0.3) is 0 Å². The van der Waals surface area contributed by atoms with Crippen molar-refractivity contribution in [2.75, 3.05) is 13.7 Å². The first kappa shape index (κ1) is 12.9. The van der Waals surface area contributed by atoms with E-state index in [0.29, 0.717) is 17.9 Å². The minimum atomic E-state index is -0.441. The summed E-state index contributed by atoms with van der Waals surface area (Å²) in [6.45, 7) is 3.98. The van der Waals surface area contributed by atoms with Crippen molar-refractivity contribution < 1.29 is 14.2 Å². The maximum atomic E-state index is 13.6. The maximum Gasteiger partial charge on any atom is 0.131 e. The Bertz CT molecular complexity index is 342. The van der Waals surface area contributed by atoms with Crippen molar-refractivity contribution in [3.05, 3.63) is 29.6 Å². The number of nitrogens with one attached hydrogen (secondary N) is 1. The van der Waals surface area contributed by atoms with Crippen molar-refractivity contribution in [3.8, 4) is 5.75 Å². The van der Waals surface area contributed by atoms with Crippen LogP contribution in [-0.4, -0.2) is 24.9 Å². The molecule has 2 N–H and O–H groups in total. The molecule has 0 aromatic heterocycles. The molecule has 1 aromatic carbocycles. The predicted octanol–water partition coefficient (Wildman–Crippen LogP) is 1.87. The van der Waals surface area contributed by atoms with Gasteiger partial charge in [0.05, 0.1) is 13.2 Å². The summed E-state index contributed by atoms with van der Waals surface area (Å²) in [6, 6.07) is 4.63. The minimum absolute atomic E-state index is 0.138. The molecular weight excluding hydrogens is 209 g/mol. The molecule has 0 spiro atoms. The van der Waals surface area contributed by atoms with E-state index in [1.54, 1.807) is 19.1 Å². The van der Waals surface area contributed by atoms with Gasteiger partial charge in [0.25, 0.3) is 0 Å². The van der Waals surface area contributed by atoms with Gasteiger partial charge in [0, 0.05) is 24.2 Å². The summed E-state index contributed by atoms with van der Waals surface area (Å²) in [4.78, 5) is 0. The topological polar surface area (TPSA) is 41.5 Å². The number of methoxy groups -OCH3 is 1. The molecule has 0 fully saturated rings. The van der Waals surface area contributed by atoms with Crippen LogP contribution in [0.1, 0.15) is 25.5 Å². The lowest BCUT2D eigenvalue weighted by molar-refractivity contribution is 0.187. The second-order valence-electron chi connectivity index (χ2n) is 3.87. The molecule has 1 aromatic rings. The van der Waals surface area contributed by atoms with E-state index in [2.05, 4.69) is 5.32 Å². The number of halogens is 1. The summed E-state index contributed by atoms with van der Waals surface area (Å²) < 4.78 is 18.6. The number of hydrogen-bond acceptors (Lipinski definition) is 3. The maximum absolute atomic E-state index is 13.6. The number of ether oxygens (including phenoxy) is 1. The van der Waals surface area contributed by atoms with Crippen LogP contribution in [0.4, 0.5) is 4.39 Å². The van der Waals surface area contributed by atoms with E-state index in [0.717, 1.165) is 0 Å². The normalized spacial score (nSPS) is 14.6. The summed E-state index contributed by atoms with van der Waals surface area (Å²) in [5.41, 5.74) is 0.571. The monoisotopic (exact) mass is 227 g/mol. The minimum Gasteiger partial charge on any atom is -0.497 e. The van der Waals surface area contributed by atoms with Crippen LogP contribution in [0, 0.1) is 5.82 Å². The standard InChI is InChI=1S/C12H18FNO2/c1-8(15)7-14-9(2)11-5-4-10(16-3)6-12(11)13/h4-6,8-9,14-15H,7H2,1-3H3/t8-,9?/m0/s1. The molecule has 0 heterocycles. The molecule has 1 rings (SSSR count). The Morgan fingerprint density at radius 2 is 2.12 bits per heavy atom. The van der Waals surface area contributed by atoms with Crippen LogP contribution in [0.2, 0.25) is 0 Å². The first-order valence-electron chi connectivity index (χ1n) is 5.29. The zero-order valence-corrected chi connectivity index (χ0v) is 9.83. The lowest BCUT2D eigenvalue weighted by Crippen LogP contribution is -2.27. The Kier molecular flexibility index (Phi) is 4.71. The summed E-state index contributed by atoms with van der Waals surface area (Å²) >= 11 is 0. The summed E-state index contributed by atoms with van der Waals surface area (Å²) in [6.07, 6.45) is -0.441. The van der Waals surface area contributed by atoms with Gasteiger partial charge >= 0.3 is 0 Å². The molecule has 2 atom stereocenters. The molecule has 0 aliphatic heterocycles. The van der Waals surface area contributed by atoms with Gasteiger partial charge < -0.3 is 15.2 Å². The second kappa shape index (κ2) is 5.82. The van der Waals surface area contributed by atoms with Crippen molar-refractivity contribution in [3.63, 3.8) is 0 Å². The predicted molar refractivity (Wildman–Crippen MR) is 61.1 cm³/mol. The highest BCUT2D eigenvalue weighted by atomic mass is 19.1. The molecule has 0 saturated carbocycles. The number of aliphatic hydroxyl groups is 1. The van der Waals surface area contributed by atoms with E-state index < -0.39 is 6.10 Å². The third-order valence-corrected chi connectivity index (χ3v) is 2.39. The van der Waals surface area contributed by atoms with Gasteiger partial charge in [-0.05, 0) is 19.9 Å². The highest BCUT2D eigenvalue weighted by molar-refractivity contribution is 5.30. The second-order valence-corrected chi connectivity index (χ2v) is 3.87. The van der Waals surface area contributed by atoms with Gasteiger partial charge in [0.2, 0.25) is 0 Å². The molecular formula is C12H18FNO2. The molecule has 0 bridgehead atoms. The van der Waals surface area contributed by atoms with Crippen LogP contribution in [-0.2, 0) is 0 Å². The highest BCUT2D eigenvalue weighted by Crippen LogP contribution is 2.21. The van der Waals surface area contributed by atoms with Crippen molar-refractivity contribution in [2.24, 2.45) is 0 Å². The van der Waals surface area contributed by atoms with Crippen LogP contribution < -0.4 is 10.1 Å². The molecule has 16 heavy (non-hydrogen) atoms. The van der Waals surface area contributed by atoms with Gasteiger partial charge in [-0.2, -0.15) is 0 Å². The molecule has 3 nitrogen and oxygen atoms in total. The first-order valence-corrected chi connectivity index (χ1v) is 5.29. The number of benzene rings is 1. The van der Waals surface area contributed by atoms with Gasteiger partial charge in [-0.15, -0.1) is 0 Å². The summed E-state index contributed by atoms with van der Waals surface area (Å²) in [7, 11) is 1.50. The zero-order chi connectivity index (χ0) is 12.1. The van der Waals surface area contributed by atoms with E-state index in [4.69, 9.17) is 9.84 Å². The number of rotatable bonds is 5. The quantitative estimate of drug-likeness (QED) is 0.806. The fourth-order valence-corrected chi connectivity index (χ4v) is 1.44. The van der Waals surface area contributed by atoms with E-state index >= 15 is 0 Å². The van der Waals surface area contributed by atoms with Gasteiger partial charge in [0.1, 0.15) is 11.6 Å². The molecule has 0 aliphatic carbocycles. The van der Waals surface area contributed by atoms with Crippen molar-refractivity contribution in [2.45, 2.75) is 26.0 Å². The fraction of sp³-hybridized carbons (Fsp3) is 0.500. The van der Waals surface area contributed by atoms with Crippen molar-refractivity contribution in [1.29, 1.82) is 0 Å². The average molecular weight is 227 g/mol. The fourth-order valence-electron chi connectivity index (χ4n) is 1.44. The summed E-state index contributed by atoms with van der Waals surface area (Å²) in [5.74, 6) is 0.203. The van der Waals surface area contributed by atoms with E-state index in [1.165, 1.54) is 13.2 Å². The smallest absolute Gasteiger partial charge is 0.131 e. The van der Waals surface area contributed by atoms with Crippen LogP contribution in [0.15, 0.2) is 18.2 Å². The Balaban J connectivity index is 2.71. The van der Waals surface area contributed by atoms with Crippen molar-refractivity contribution in [1.82, 2.24) is 5.32 Å². The lowest BCUT2D eigenvalue weighted by atomic mass is 10.1. The zero-order valence-electron chi connectivity index (χ0n) is 9.83. The highest BCUT2D eigenvalue weighted by Gasteiger charge is 2.11. The van der Waals surface area contributed by atoms with E-state index in [1.807, 2.05) is 6.92 Å². The van der Waals surface area contributed by atoms with Crippen LogP contribution >= 0.6 is 0 Å². The Morgan fingerprint density at radius 1 is 1.44 bits per heavy atom. The van der Waals surface area contributed by atoms with Gasteiger partial charge in [-0.1, -0.05) is 6.07 Å². The SMILES string of the molecule is COc1ccc(C(C)NC[C@H](C)O)c(F)c1. The average Bonchev–Trinajstić information content (AvgIpc) is 2.25. The van der Waals surface area contributed by atoms with Gasteiger partial charge in [0.15, 0.2) is 0 Å². The van der Waals surface area contributed by atoms with Crippen molar-refractivity contribution >= 4 is 0 Å². The van der Waals surface area contributed by atoms with Gasteiger partial charge in [-0.3, -0.25) is 0 Å². The Morgan fingerprint density at radius 3 is 2.62 bits per heavy atom. The first-order chi connectivity index (χ1) is 7.54. The molecule has 4 heteroatoms. The Hall–Kier alpha value is -1.13. The lowest BCUT2D eigenvalue weighted by Gasteiger charge is -2.16. The Labute approximate surface area is 95.2 Å². The number of aliphatic hydroxyl groups excluding tert-OH is 1. The number of hydrogen-bond donors (Lipinski definition) is 2. The van der Waals surface area contributed by atoms with Gasteiger partial charge in [-0.25, -0.2) is 4.39 Å². The molecule has 0 amide bonds. The third kappa shape index (κ3) is 3.47.